The van der Waals surface area contributed by atoms with Gasteiger partial charge in [0.25, 0.3) is 0 Å². The van der Waals surface area contributed by atoms with E-state index in [1.54, 1.807) is 0 Å². The first-order chi connectivity index (χ1) is 9.91. The average molecular weight is 292 g/mol. The molecule has 2 heterocycles. The van der Waals surface area contributed by atoms with Crippen LogP contribution in [0.25, 0.3) is 0 Å². The molecule has 0 amide bonds. The molecule has 1 aromatic heterocycles. The predicted octanol–water partition coefficient (Wildman–Crippen LogP) is 2.45. The Morgan fingerprint density at radius 2 is 2.14 bits per heavy atom. The van der Waals surface area contributed by atoms with Gasteiger partial charge < -0.3 is 9.88 Å². The summed E-state index contributed by atoms with van der Waals surface area (Å²) in [6, 6.07) is 1.25. The van der Waals surface area contributed by atoms with E-state index in [1.165, 1.54) is 25.2 Å². The Labute approximate surface area is 129 Å². The van der Waals surface area contributed by atoms with E-state index in [0.717, 1.165) is 19.5 Å². The first-order valence-electron chi connectivity index (χ1n) is 8.35. The van der Waals surface area contributed by atoms with Gasteiger partial charge in [0.1, 0.15) is 5.82 Å². The molecule has 0 aliphatic carbocycles. The highest BCUT2D eigenvalue weighted by atomic mass is 15.2. The number of nitrogens with one attached hydrogen (secondary N) is 1. The normalized spacial score (nSPS) is 24.4. The van der Waals surface area contributed by atoms with E-state index >= 15 is 0 Å². The maximum atomic E-state index is 4.46. The number of hydrogen-bond donors (Lipinski definition) is 1. The summed E-state index contributed by atoms with van der Waals surface area (Å²) in [4.78, 5) is 7.15. The molecule has 0 aromatic carbocycles. The topological polar surface area (TPSA) is 33.1 Å². The number of aryl methyl sites for hydroxylation is 1. The number of piperazine rings is 1. The van der Waals surface area contributed by atoms with Crippen LogP contribution in [0.2, 0.25) is 0 Å². The van der Waals surface area contributed by atoms with Crippen molar-refractivity contribution in [2.75, 3.05) is 19.6 Å². The lowest BCUT2D eigenvalue weighted by Gasteiger charge is -2.46. The minimum Gasteiger partial charge on any atom is -0.338 e. The summed E-state index contributed by atoms with van der Waals surface area (Å²) in [7, 11) is 2.08. The van der Waals surface area contributed by atoms with Gasteiger partial charge >= 0.3 is 0 Å². The highest BCUT2D eigenvalue weighted by molar-refractivity contribution is 4.96. The number of nitrogens with zero attached hydrogens (tertiary/aromatic N) is 3. The van der Waals surface area contributed by atoms with Crippen LogP contribution in [0.4, 0.5) is 0 Å². The van der Waals surface area contributed by atoms with Gasteiger partial charge in [0, 0.05) is 57.6 Å². The molecule has 1 aliphatic rings. The van der Waals surface area contributed by atoms with Gasteiger partial charge in [0.2, 0.25) is 0 Å². The van der Waals surface area contributed by atoms with Crippen LogP contribution >= 0.6 is 0 Å². The van der Waals surface area contributed by atoms with Crippen molar-refractivity contribution in [1.82, 2.24) is 19.8 Å². The fraction of sp³-hybridized carbons (Fsp3) is 0.824. The van der Waals surface area contributed by atoms with Crippen molar-refractivity contribution in [3.05, 3.63) is 18.2 Å². The van der Waals surface area contributed by atoms with Crippen molar-refractivity contribution in [1.29, 1.82) is 0 Å². The van der Waals surface area contributed by atoms with E-state index in [9.17, 15) is 0 Å². The Morgan fingerprint density at radius 3 is 2.71 bits per heavy atom. The fourth-order valence-electron chi connectivity index (χ4n) is 3.41. The third kappa shape index (κ3) is 4.30. The summed E-state index contributed by atoms with van der Waals surface area (Å²) in [5.41, 5.74) is 0.311. The van der Waals surface area contributed by atoms with Crippen molar-refractivity contribution < 1.29 is 0 Å². The minimum atomic E-state index is 0.311. The van der Waals surface area contributed by atoms with Crippen LogP contribution in [0, 0.1) is 5.41 Å². The van der Waals surface area contributed by atoms with Crippen molar-refractivity contribution in [2.45, 2.75) is 59.0 Å². The monoisotopic (exact) mass is 292 g/mol. The van der Waals surface area contributed by atoms with Gasteiger partial charge in [0.15, 0.2) is 0 Å². The Kier molecular flexibility index (Phi) is 5.44. The molecule has 0 radical (unpaired) electrons. The van der Waals surface area contributed by atoms with Crippen LogP contribution in [-0.2, 0) is 13.5 Å². The van der Waals surface area contributed by atoms with Crippen LogP contribution in [0.5, 0.6) is 0 Å². The van der Waals surface area contributed by atoms with Crippen LogP contribution in [0.1, 0.15) is 46.4 Å². The summed E-state index contributed by atoms with van der Waals surface area (Å²) < 4.78 is 2.14. The minimum absolute atomic E-state index is 0.311. The molecule has 4 nitrogen and oxygen atoms in total. The van der Waals surface area contributed by atoms with E-state index < -0.39 is 0 Å². The largest absolute Gasteiger partial charge is 0.338 e. The first kappa shape index (κ1) is 16.5. The second-order valence-electron chi connectivity index (χ2n) is 7.47. The molecule has 1 saturated heterocycles. The number of hydrogen-bond acceptors (Lipinski definition) is 3. The second kappa shape index (κ2) is 6.93. The zero-order valence-corrected chi connectivity index (χ0v) is 14.4. The molecule has 21 heavy (non-hydrogen) atoms. The van der Waals surface area contributed by atoms with Crippen molar-refractivity contribution in [3.63, 3.8) is 0 Å². The molecule has 0 bridgehead atoms. The molecule has 2 atom stereocenters. The smallest absolute Gasteiger partial charge is 0.109 e. The number of rotatable bonds is 5. The molecule has 1 N–H and O–H groups in total. The fourth-order valence-corrected chi connectivity index (χ4v) is 3.41. The third-order valence-electron chi connectivity index (χ3n) is 4.68. The molecular formula is C17H32N4. The Bertz CT molecular complexity index is 432. The maximum Gasteiger partial charge on any atom is 0.109 e. The second-order valence-corrected chi connectivity index (χ2v) is 7.47. The molecule has 1 aromatic rings. The lowest BCUT2D eigenvalue weighted by molar-refractivity contribution is 0.0543. The molecule has 2 unspecified atom stereocenters. The zero-order chi connectivity index (χ0) is 15.5. The van der Waals surface area contributed by atoms with Crippen LogP contribution in [-0.4, -0.2) is 46.2 Å². The number of aromatic nitrogens is 2. The van der Waals surface area contributed by atoms with Gasteiger partial charge in [-0.2, -0.15) is 0 Å². The van der Waals surface area contributed by atoms with Gasteiger partial charge in [-0.15, -0.1) is 0 Å². The standard InChI is InChI=1S/C17H32N4/c1-6-7-14-13-21(15(12-19-14)17(2,3)4)10-8-16-18-9-11-20(16)5/h9,11,14-15,19H,6-8,10,12-13H2,1-5H3. The Morgan fingerprint density at radius 1 is 1.38 bits per heavy atom. The summed E-state index contributed by atoms with van der Waals surface area (Å²) in [5.74, 6) is 1.19. The SMILES string of the molecule is CCCC1CN(CCc2nccn2C)C(C(C)(C)C)CN1. The van der Waals surface area contributed by atoms with Gasteiger partial charge in [-0.1, -0.05) is 34.1 Å². The van der Waals surface area contributed by atoms with E-state index in [1.807, 2.05) is 12.4 Å². The van der Waals surface area contributed by atoms with Crippen molar-refractivity contribution in [3.8, 4) is 0 Å². The summed E-state index contributed by atoms with van der Waals surface area (Å²) in [6.45, 7) is 12.7. The van der Waals surface area contributed by atoms with Crippen LogP contribution in [0.3, 0.4) is 0 Å². The summed E-state index contributed by atoms with van der Waals surface area (Å²) in [6.07, 6.45) is 7.50. The molecule has 2 rings (SSSR count). The molecular weight excluding hydrogens is 260 g/mol. The van der Waals surface area contributed by atoms with Crippen LogP contribution in [0.15, 0.2) is 12.4 Å². The quantitative estimate of drug-likeness (QED) is 0.905. The van der Waals surface area contributed by atoms with Gasteiger partial charge in [-0.3, -0.25) is 4.90 Å². The molecule has 4 heteroatoms. The van der Waals surface area contributed by atoms with Crippen molar-refractivity contribution >= 4 is 0 Å². The molecule has 120 valence electrons. The number of imidazole rings is 1. The predicted molar refractivity (Wildman–Crippen MR) is 88.4 cm³/mol. The highest BCUT2D eigenvalue weighted by Gasteiger charge is 2.34. The van der Waals surface area contributed by atoms with E-state index in [2.05, 4.69) is 54.5 Å². The zero-order valence-electron chi connectivity index (χ0n) is 14.4. The van der Waals surface area contributed by atoms with Gasteiger partial charge in [-0.25, -0.2) is 4.98 Å². The van der Waals surface area contributed by atoms with E-state index in [4.69, 9.17) is 0 Å². The Hall–Kier alpha value is -0.870. The molecule has 1 fully saturated rings. The lowest BCUT2D eigenvalue weighted by Crippen LogP contribution is -2.60. The molecule has 0 spiro atoms. The average Bonchev–Trinajstić information content (AvgIpc) is 2.81. The van der Waals surface area contributed by atoms with Crippen LogP contribution < -0.4 is 5.32 Å². The van der Waals surface area contributed by atoms with E-state index in [0.29, 0.717) is 17.5 Å². The highest BCUT2D eigenvalue weighted by Crippen LogP contribution is 2.27. The van der Waals surface area contributed by atoms with Gasteiger partial charge in [0.05, 0.1) is 0 Å². The maximum absolute atomic E-state index is 4.46. The van der Waals surface area contributed by atoms with E-state index in [-0.39, 0.29) is 0 Å². The summed E-state index contributed by atoms with van der Waals surface area (Å²) >= 11 is 0. The first-order valence-corrected chi connectivity index (χ1v) is 8.35. The molecule has 0 saturated carbocycles. The third-order valence-corrected chi connectivity index (χ3v) is 4.68. The lowest BCUT2D eigenvalue weighted by atomic mass is 9.83. The Balaban J connectivity index is 2.01. The van der Waals surface area contributed by atoms with Gasteiger partial charge in [-0.05, 0) is 11.8 Å². The van der Waals surface area contributed by atoms with Crippen molar-refractivity contribution in [2.24, 2.45) is 12.5 Å². The molecule has 1 aliphatic heterocycles. The summed E-state index contributed by atoms with van der Waals surface area (Å²) in [5, 5.41) is 3.75.